The molecule has 0 unspecified atom stereocenters. The Hall–Kier alpha value is -1.56. The van der Waals surface area contributed by atoms with Crippen molar-refractivity contribution in [3.05, 3.63) is 64.4 Å². The summed E-state index contributed by atoms with van der Waals surface area (Å²) in [5, 5.41) is 0.107. The Morgan fingerprint density at radius 1 is 1.24 bits per heavy atom. The standard InChI is InChI=1S/C15H14ClFN2OS/c16-13-8-12(5-6-14(13)17)21-9-11-4-2-1-3-10(11)7-15(20)19-18/h1-6,8H,7,9,18H2,(H,19,20). The van der Waals surface area contributed by atoms with Crippen LogP contribution in [0.5, 0.6) is 0 Å². The van der Waals surface area contributed by atoms with Crippen molar-refractivity contribution in [2.45, 2.75) is 17.1 Å². The van der Waals surface area contributed by atoms with Crippen LogP contribution >= 0.6 is 23.4 Å². The van der Waals surface area contributed by atoms with Gasteiger partial charge >= 0.3 is 0 Å². The highest BCUT2D eigenvalue weighted by molar-refractivity contribution is 7.98. The van der Waals surface area contributed by atoms with Crippen LogP contribution in [0.3, 0.4) is 0 Å². The molecule has 0 aliphatic carbocycles. The third kappa shape index (κ3) is 4.46. The Morgan fingerprint density at radius 3 is 2.62 bits per heavy atom. The Balaban J connectivity index is 2.09. The Bertz CT molecular complexity index is 651. The summed E-state index contributed by atoms with van der Waals surface area (Å²) in [7, 11) is 0. The quantitative estimate of drug-likeness (QED) is 0.384. The number of carbonyl (C=O) groups excluding carboxylic acids is 1. The minimum atomic E-state index is -0.430. The first kappa shape index (κ1) is 15.8. The third-order valence-electron chi connectivity index (χ3n) is 2.92. The van der Waals surface area contributed by atoms with Gasteiger partial charge in [0.2, 0.25) is 5.91 Å². The van der Waals surface area contributed by atoms with Crippen molar-refractivity contribution < 1.29 is 9.18 Å². The van der Waals surface area contributed by atoms with E-state index in [1.54, 1.807) is 12.1 Å². The number of amides is 1. The number of carbonyl (C=O) groups is 1. The number of nitrogens with one attached hydrogen (secondary N) is 1. The summed E-state index contributed by atoms with van der Waals surface area (Å²) in [4.78, 5) is 12.3. The highest BCUT2D eigenvalue weighted by Gasteiger charge is 2.08. The lowest BCUT2D eigenvalue weighted by Crippen LogP contribution is -2.31. The summed E-state index contributed by atoms with van der Waals surface area (Å²) in [6, 6.07) is 12.3. The first-order valence-electron chi connectivity index (χ1n) is 6.24. The second kappa shape index (κ2) is 7.45. The van der Waals surface area contributed by atoms with E-state index < -0.39 is 5.82 Å². The number of hydrazine groups is 1. The van der Waals surface area contributed by atoms with Gasteiger partial charge in [0.1, 0.15) is 5.82 Å². The maximum Gasteiger partial charge on any atom is 0.238 e. The predicted octanol–water partition coefficient (Wildman–Crippen LogP) is 3.30. The first-order valence-corrected chi connectivity index (χ1v) is 7.60. The van der Waals surface area contributed by atoms with Crippen LogP contribution in [0.25, 0.3) is 0 Å². The van der Waals surface area contributed by atoms with Crippen molar-refractivity contribution in [3.8, 4) is 0 Å². The summed E-state index contributed by atoms with van der Waals surface area (Å²) in [6.07, 6.45) is 0.234. The van der Waals surface area contributed by atoms with Gasteiger partial charge < -0.3 is 0 Å². The average Bonchev–Trinajstić information content (AvgIpc) is 2.49. The summed E-state index contributed by atoms with van der Waals surface area (Å²) in [5.41, 5.74) is 4.07. The van der Waals surface area contributed by atoms with Gasteiger partial charge in [-0.1, -0.05) is 35.9 Å². The van der Waals surface area contributed by atoms with Crippen LogP contribution < -0.4 is 11.3 Å². The van der Waals surface area contributed by atoms with E-state index in [9.17, 15) is 9.18 Å². The SMILES string of the molecule is NNC(=O)Cc1ccccc1CSc1ccc(F)c(Cl)c1. The first-order chi connectivity index (χ1) is 10.1. The molecule has 0 bridgehead atoms. The Kier molecular flexibility index (Phi) is 5.61. The molecule has 6 heteroatoms. The lowest BCUT2D eigenvalue weighted by molar-refractivity contribution is -0.120. The highest BCUT2D eigenvalue weighted by atomic mass is 35.5. The van der Waals surface area contributed by atoms with Gasteiger partial charge in [-0.25, -0.2) is 10.2 Å². The molecule has 0 saturated heterocycles. The summed E-state index contributed by atoms with van der Waals surface area (Å²) >= 11 is 7.29. The molecule has 21 heavy (non-hydrogen) atoms. The van der Waals surface area contributed by atoms with Crippen LogP contribution in [0.1, 0.15) is 11.1 Å². The van der Waals surface area contributed by atoms with Gasteiger partial charge in [0.25, 0.3) is 0 Å². The monoisotopic (exact) mass is 324 g/mol. The number of hydrogen-bond donors (Lipinski definition) is 2. The Morgan fingerprint density at radius 2 is 1.95 bits per heavy atom. The van der Waals surface area contributed by atoms with Crippen LogP contribution in [-0.2, 0) is 17.0 Å². The molecular formula is C15H14ClFN2OS. The molecule has 0 aliphatic heterocycles. The molecule has 0 atom stereocenters. The Labute approximate surface area is 131 Å². The van der Waals surface area contributed by atoms with Gasteiger partial charge in [-0.15, -0.1) is 11.8 Å². The maximum atomic E-state index is 13.1. The molecule has 2 aromatic rings. The molecule has 0 aromatic heterocycles. The van der Waals surface area contributed by atoms with Crippen LogP contribution in [-0.4, -0.2) is 5.91 Å². The fraction of sp³-hybridized carbons (Fsp3) is 0.133. The van der Waals surface area contributed by atoms with Crippen molar-refractivity contribution >= 4 is 29.3 Å². The molecular weight excluding hydrogens is 311 g/mol. The summed E-state index contributed by atoms with van der Waals surface area (Å²) in [6.45, 7) is 0. The zero-order valence-electron chi connectivity index (χ0n) is 11.1. The summed E-state index contributed by atoms with van der Waals surface area (Å²) < 4.78 is 13.1. The zero-order chi connectivity index (χ0) is 15.2. The van der Waals surface area contributed by atoms with Crippen molar-refractivity contribution in [3.63, 3.8) is 0 Å². The van der Waals surface area contributed by atoms with Crippen LogP contribution in [0, 0.1) is 5.82 Å². The predicted molar refractivity (Wildman–Crippen MR) is 83.4 cm³/mol. The molecule has 1 amide bonds. The van der Waals surface area contributed by atoms with Gasteiger partial charge in [0, 0.05) is 10.6 Å². The van der Waals surface area contributed by atoms with Gasteiger partial charge in [-0.2, -0.15) is 0 Å². The van der Waals surface area contributed by atoms with Crippen LogP contribution in [0.15, 0.2) is 47.4 Å². The van der Waals surface area contributed by atoms with E-state index in [1.807, 2.05) is 24.3 Å². The number of thioether (sulfide) groups is 1. The van der Waals surface area contributed by atoms with E-state index in [0.29, 0.717) is 5.75 Å². The molecule has 110 valence electrons. The average molecular weight is 325 g/mol. The van der Waals surface area contributed by atoms with E-state index in [-0.39, 0.29) is 17.4 Å². The van der Waals surface area contributed by atoms with E-state index in [2.05, 4.69) is 5.43 Å². The molecule has 2 rings (SSSR count). The van der Waals surface area contributed by atoms with Gasteiger partial charge in [0.05, 0.1) is 11.4 Å². The van der Waals surface area contributed by atoms with E-state index in [1.165, 1.54) is 17.8 Å². The number of rotatable bonds is 5. The normalized spacial score (nSPS) is 10.4. The lowest BCUT2D eigenvalue weighted by Gasteiger charge is -2.09. The molecule has 3 N–H and O–H groups in total. The molecule has 0 radical (unpaired) electrons. The van der Waals surface area contributed by atoms with E-state index in [0.717, 1.165) is 16.0 Å². The second-order valence-corrected chi connectivity index (χ2v) is 5.83. The fourth-order valence-electron chi connectivity index (χ4n) is 1.82. The molecule has 0 spiro atoms. The largest absolute Gasteiger partial charge is 0.294 e. The minimum absolute atomic E-state index is 0.107. The number of hydrogen-bond acceptors (Lipinski definition) is 3. The molecule has 3 nitrogen and oxygen atoms in total. The van der Waals surface area contributed by atoms with Crippen molar-refractivity contribution in [2.24, 2.45) is 5.84 Å². The third-order valence-corrected chi connectivity index (χ3v) is 4.25. The van der Waals surface area contributed by atoms with Gasteiger partial charge in [0.15, 0.2) is 0 Å². The van der Waals surface area contributed by atoms with E-state index >= 15 is 0 Å². The molecule has 2 aromatic carbocycles. The topological polar surface area (TPSA) is 55.1 Å². The zero-order valence-corrected chi connectivity index (χ0v) is 12.7. The lowest BCUT2D eigenvalue weighted by atomic mass is 10.1. The highest BCUT2D eigenvalue weighted by Crippen LogP contribution is 2.28. The van der Waals surface area contributed by atoms with Crippen LogP contribution in [0.2, 0.25) is 5.02 Å². The minimum Gasteiger partial charge on any atom is -0.294 e. The van der Waals surface area contributed by atoms with Gasteiger partial charge in [-0.3, -0.25) is 10.2 Å². The number of halogens is 2. The van der Waals surface area contributed by atoms with Crippen LogP contribution in [0.4, 0.5) is 4.39 Å². The number of nitrogens with two attached hydrogens (primary N) is 1. The molecule has 0 aliphatic rings. The molecule has 0 fully saturated rings. The summed E-state index contributed by atoms with van der Waals surface area (Å²) in [5.74, 6) is 5.11. The molecule has 0 saturated carbocycles. The van der Waals surface area contributed by atoms with Gasteiger partial charge in [-0.05, 0) is 29.3 Å². The smallest absolute Gasteiger partial charge is 0.238 e. The second-order valence-electron chi connectivity index (χ2n) is 4.38. The van der Waals surface area contributed by atoms with Crippen molar-refractivity contribution in [2.75, 3.05) is 0 Å². The number of benzene rings is 2. The maximum absolute atomic E-state index is 13.1. The van der Waals surface area contributed by atoms with Crippen molar-refractivity contribution in [1.29, 1.82) is 0 Å². The van der Waals surface area contributed by atoms with Crippen molar-refractivity contribution in [1.82, 2.24) is 5.43 Å². The van der Waals surface area contributed by atoms with E-state index in [4.69, 9.17) is 17.4 Å². The fourth-order valence-corrected chi connectivity index (χ4v) is 3.04. The molecule has 0 heterocycles.